The summed E-state index contributed by atoms with van der Waals surface area (Å²) in [5.41, 5.74) is 0.836. The first-order chi connectivity index (χ1) is 12.1. The van der Waals surface area contributed by atoms with Crippen LogP contribution in [0.5, 0.6) is 0 Å². The van der Waals surface area contributed by atoms with Gasteiger partial charge in [0, 0.05) is 37.8 Å². The molecule has 0 bridgehead atoms. The van der Waals surface area contributed by atoms with Crippen molar-refractivity contribution in [2.24, 2.45) is 0 Å². The highest BCUT2D eigenvalue weighted by Crippen LogP contribution is 2.37. The van der Waals surface area contributed by atoms with Gasteiger partial charge in [0.05, 0.1) is 13.2 Å². The lowest BCUT2D eigenvalue weighted by molar-refractivity contribution is -0.171. The molecule has 0 N–H and O–H groups in total. The van der Waals surface area contributed by atoms with Crippen molar-refractivity contribution in [3.8, 4) is 0 Å². The molecule has 1 aliphatic heterocycles. The van der Waals surface area contributed by atoms with Gasteiger partial charge in [-0.25, -0.2) is 4.39 Å². The van der Waals surface area contributed by atoms with Gasteiger partial charge in [-0.1, -0.05) is 12.1 Å². The van der Waals surface area contributed by atoms with Crippen LogP contribution in [0.1, 0.15) is 39.2 Å². The van der Waals surface area contributed by atoms with Gasteiger partial charge in [0.25, 0.3) is 0 Å². The molecule has 1 aromatic carbocycles. The fraction of sp³-hybridized carbons (Fsp3) is 0.667. The first-order valence-electron chi connectivity index (χ1n) is 9.05. The second-order valence-corrected chi connectivity index (χ2v) is 8.52. The smallest absolute Gasteiger partial charge is 0.374 e. The average Bonchev–Trinajstić information content (AvgIpc) is 3.06. The van der Waals surface area contributed by atoms with Gasteiger partial charge < -0.3 is 22.8 Å². The highest BCUT2D eigenvalue weighted by Gasteiger charge is 2.43. The summed E-state index contributed by atoms with van der Waals surface area (Å²) in [5.74, 6) is -1.09. The van der Waals surface area contributed by atoms with Crippen molar-refractivity contribution < 1.29 is 27.1 Å². The number of benzene rings is 1. The van der Waals surface area contributed by atoms with E-state index in [1.165, 1.54) is 12.1 Å². The number of halogens is 1. The normalized spacial score (nSPS) is 17.1. The fourth-order valence-corrected chi connectivity index (χ4v) is 5.77. The quantitative estimate of drug-likeness (QED) is 0.552. The van der Waals surface area contributed by atoms with Crippen molar-refractivity contribution in [3.05, 3.63) is 35.6 Å². The summed E-state index contributed by atoms with van der Waals surface area (Å²) in [6.07, 6.45) is 1.41. The lowest BCUT2D eigenvalue weighted by atomic mass is 10.0. The van der Waals surface area contributed by atoms with Gasteiger partial charge in [-0.3, -0.25) is 0 Å². The molecule has 142 valence electrons. The predicted octanol–water partition coefficient (Wildman–Crippen LogP) is 3.85. The minimum atomic E-state index is -2.68. The summed E-state index contributed by atoms with van der Waals surface area (Å²) in [7, 11) is -2.68. The zero-order valence-electron chi connectivity index (χ0n) is 15.4. The second-order valence-electron chi connectivity index (χ2n) is 5.79. The molecule has 0 spiro atoms. The van der Waals surface area contributed by atoms with E-state index in [0.717, 1.165) is 12.0 Å². The van der Waals surface area contributed by atoms with Crippen molar-refractivity contribution in [2.45, 2.75) is 45.4 Å². The molecule has 5 nitrogen and oxygen atoms in total. The third-order valence-electron chi connectivity index (χ3n) is 4.12. The van der Waals surface area contributed by atoms with Gasteiger partial charge in [-0.15, -0.1) is 0 Å². The fourth-order valence-electron chi connectivity index (χ4n) is 3.15. The Bertz CT molecular complexity index is 488. The molecule has 0 radical (unpaired) electrons. The van der Waals surface area contributed by atoms with Crippen LogP contribution in [0, 0.1) is 5.82 Å². The van der Waals surface area contributed by atoms with Crippen LogP contribution in [0.25, 0.3) is 0 Å². The van der Waals surface area contributed by atoms with E-state index in [1.807, 2.05) is 20.8 Å². The highest BCUT2D eigenvalue weighted by molar-refractivity contribution is 6.60. The zero-order chi connectivity index (χ0) is 18.2. The molecule has 7 heteroatoms. The minimum Gasteiger partial charge on any atom is -0.374 e. The molecule has 0 aromatic heterocycles. The maximum atomic E-state index is 13.2. The van der Waals surface area contributed by atoms with Gasteiger partial charge in [-0.05, 0) is 39.3 Å². The Balaban J connectivity index is 2.06. The van der Waals surface area contributed by atoms with Crippen molar-refractivity contribution in [1.82, 2.24) is 0 Å². The van der Waals surface area contributed by atoms with E-state index in [2.05, 4.69) is 0 Å². The van der Waals surface area contributed by atoms with E-state index < -0.39 is 14.6 Å². The summed E-state index contributed by atoms with van der Waals surface area (Å²) in [5, 5.41) is 0. The second kappa shape index (κ2) is 9.75. The van der Waals surface area contributed by atoms with Crippen molar-refractivity contribution in [3.63, 3.8) is 0 Å². The molecule has 0 aliphatic carbocycles. The summed E-state index contributed by atoms with van der Waals surface area (Å²) in [4.78, 5) is 0. The third kappa shape index (κ3) is 5.32. The minimum absolute atomic E-state index is 0.271. The Hall–Kier alpha value is -0.833. The lowest BCUT2D eigenvalue weighted by Gasteiger charge is -2.31. The van der Waals surface area contributed by atoms with Crippen LogP contribution >= 0.6 is 0 Å². The molecule has 2 rings (SSSR count). The SMILES string of the molecule is CCO[Si](CCCC1(c2ccc(F)cc2)OCCO1)(OCC)OCC. The average molecular weight is 373 g/mol. The number of hydrogen-bond donors (Lipinski definition) is 0. The molecule has 25 heavy (non-hydrogen) atoms. The van der Waals surface area contributed by atoms with Crippen LogP contribution in [0.15, 0.2) is 24.3 Å². The van der Waals surface area contributed by atoms with E-state index in [-0.39, 0.29) is 5.82 Å². The van der Waals surface area contributed by atoms with Gasteiger partial charge in [0.15, 0.2) is 5.79 Å². The van der Waals surface area contributed by atoms with Crippen molar-refractivity contribution in [2.75, 3.05) is 33.0 Å². The van der Waals surface area contributed by atoms with E-state index in [0.29, 0.717) is 45.5 Å². The Labute approximate surface area is 150 Å². The Morgan fingerprint density at radius 2 is 1.48 bits per heavy atom. The van der Waals surface area contributed by atoms with E-state index >= 15 is 0 Å². The monoisotopic (exact) mass is 372 g/mol. The number of ether oxygens (including phenoxy) is 2. The molecule has 0 amide bonds. The lowest BCUT2D eigenvalue weighted by Crippen LogP contribution is -2.46. The van der Waals surface area contributed by atoms with E-state index in [9.17, 15) is 4.39 Å². The largest absolute Gasteiger partial charge is 0.500 e. The first kappa shape index (κ1) is 20.5. The summed E-state index contributed by atoms with van der Waals surface area (Å²) >= 11 is 0. The molecule has 1 saturated heterocycles. The standard InChI is InChI=1S/C18H29FO5Si/c1-4-22-25(23-5-2,24-6-3)15-7-12-18(20-13-14-21-18)16-8-10-17(19)11-9-16/h8-11H,4-7,12-15H2,1-3H3. The van der Waals surface area contributed by atoms with Crippen molar-refractivity contribution in [1.29, 1.82) is 0 Å². The molecular formula is C18H29FO5Si. The van der Waals surface area contributed by atoms with Crippen molar-refractivity contribution >= 4 is 8.80 Å². The number of hydrogen-bond acceptors (Lipinski definition) is 5. The number of rotatable bonds is 11. The van der Waals surface area contributed by atoms with E-state index in [4.69, 9.17) is 22.8 Å². The van der Waals surface area contributed by atoms with Gasteiger partial charge >= 0.3 is 8.80 Å². The van der Waals surface area contributed by atoms with Crippen LogP contribution < -0.4 is 0 Å². The van der Waals surface area contributed by atoms with Crippen LogP contribution in [-0.4, -0.2) is 41.8 Å². The van der Waals surface area contributed by atoms with Gasteiger partial charge in [-0.2, -0.15) is 0 Å². The zero-order valence-corrected chi connectivity index (χ0v) is 16.4. The topological polar surface area (TPSA) is 46.2 Å². The highest BCUT2D eigenvalue weighted by atomic mass is 28.4. The first-order valence-corrected chi connectivity index (χ1v) is 11.0. The molecule has 0 atom stereocenters. The summed E-state index contributed by atoms with van der Waals surface area (Å²) in [6, 6.07) is 7.00. The third-order valence-corrected chi connectivity index (χ3v) is 7.27. The van der Waals surface area contributed by atoms with Crippen LogP contribution in [0.4, 0.5) is 4.39 Å². The molecule has 1 fully saturated rings. The van der Waals surface area contributed by atoms with Crippen LogP contribution in [0.2, 0.25) is 6.04 Å². The molecule has 0 saturated carbocycles. The predicted molar refractivity (Wildman–Crippen MR) is 94.7 cm³/mol. The molecule has 1 heterocycles. The Morgan fingerprint density at radius 3 is 1.96 bits per heavy atom. The molecule has 1 aromatic rings. The summed E-state index contributed by atoms with van der Waals surface area (Å²) < 4.78 is 42.7. The molecule has 0 unspecified atom stereocenters. The van der Waals surface area contributed by atoms with Crippen LogP contribution in [-0.2, 0) is 28.5 Å². The Morgan fingerprint density at radius 1 is 0.960 bits per heavy atom. The maximum absolute atomic E-state index is 13.2. The van der Waals surface area contributed by atoms with Gasteiger partial charge in [0.2, 0.25) is 0 Å². The van der Waals surface area contributed by atoms with E-state index in [1.54, 1.807) is 12.1 Å². The van der Waals surface area contributed by atoms with Crippen LogP contribution in [0.3, 0.4) is 0 Å². The molecular weight excluding hydrogens is 343 g/mol. The van der Waals surface area contributed by atoms with Gasteiger partial charge in [0.1, 0.15) is 5.82 Å². The maximum Gasteiger partial charge on any atom is 0.500 e. The Kier molecular flexibility index (Phi) is 7.99. The summed E-state index contributed by atoms with van der Waals surface area (Å²) in [6.45, 7) is 8.58. The molecule has 1 aliphatic rings.